The lowest BCUT2D eigenvalue weighted by molar-refractivity contribution is -0.140. The Morgan fingerprint density at radius 2 is 1.62 bits per heavy atom. The van der Waals surface area contributed by atoms with Gasteiger partial charge in [0, 0.05) is 41.7 Å². The fraction of sp³-hybridized carbons (Fsp3) is 0.250. The number of esters is 2. The molecule has 164 valence electrons. The Kier molecular flexibility index (Phi) is 6.02. The maximum absolute atomic E-state index is 11.7. The van der Waals surface area contributed by atoms with E-state index in [0.717, 1.165) is 16.5 Å². The summed E-state index contributed by atoms with van der Waals surface area (Å²) >= 11 is 0. The minimum atomic E-state index is -0.332. The van der Waals surface area contributed by atoms with E-state index in [2.05, 4.69) is 0 Å². The van der Waals surface area contributed by atoms with Gasteiger partial charge in [-0.05, 0) is 12.1 Å². The molecule has 1 aliphatic heterocycles. The number of benzene rings is 3. The lowest BCUT2D eigenvalue weighted by Crippen LogP contribution is -2.29. The largest absolute Gasteiger partial charge is 0.469 e. The Morgan fingerprint density at radius 3 is 2.28 bits per heavy atom. The zero-order valence-corrected chi connectivity index (χ0v) is 17.9. The standard InChI is InChI=1S/C24H23N3O5/c1-30-22(28)9-11-27(12-10-23(29)31-2)15-7-8-19-20(13-15)32-21-14-18(25)16-5-3-4-6-17(16)24(21)26-19/h3-8,13-14,25H,9-12H2,1-2H3. The van der Waals surface area contributed by atoms with Gasteiger partial charge in [0.15, 0.2) is 11.3 Å². The quantitative estimate of drug-likeness (QED) is 0.270. The molecule has 1 aliphatic carbocycles. The number of aromatic nitrogens is 1. The van der Waals surface area contributed by atoms with Crippen molar-refractivity contribution in [2.75, 3.05) is 32.2 Å². The van der Waals surface area contributed by atoms with Crippen molar-refractivity contribution in [2.24, 2.45) is 0 Å². The molecule has 0 unspecified atom stereocenters. The summed E-state index contributed by atoms with van der Waals surface area (Å²) in [6.45, 7) is 0.745. The maximum atomic E-state index is 11.7. The predicted octanol–water partition coefficient (Wildman–Crippen LogP) is 3.50. The first-order valence-corrected chi connectivity index (χ1v) is 10.2. The van der Waals surface area contributed by atoms with Gasteiger partial charge in [-0.15, -0.1) is 0 Å². The first kappa shape index (κ1) is 21.3. The Bertz CT molecular complexity index is 1310. The van der Waals surface area contributed by atoms with Crippen LogP contribution >= 0.6 is 0 Å². The second-order valence-corrected chi connectivity index (χ2v) is 7.32. The van der Waals surface area contributed by atoms with Gasteiger partial charge in [-0.2, -0.15) is 0 Å². The Balaban J connectivity index is 1.75. The summed E-state index contributed by atoms with van der Waals surface area (Å²) in [5.41, 5.74) is 2.70. The number of carbonyl (C=O) groups is 2. The van der Waals surface area contributed by atoms with Crippen LogP contribution in [0.2, 0.25) is 0 Å². The number of carbonyl (C=O) groups excluding carboxylic acids is 2. The number of methoxy groups -OCH3 is 2. The highest BCUT2D eigenvalue weighted by Gasteiger charge is 2.17. The van der Waals surface area contributed by atoms with Gasteiger partial charge in [0.05, 0.1) is 32.4 Å². The number of hydrogen-bond donors (Lipinski definition) is 1. The van der Waals surface area contributed by atoms with Crippen LogP contribution in [0.1, 0.15) is 12.8 Å². The predicted molar refractivity (Wildman–Crippen MR) is 119 cm³/mol. The molecule has 0 aromatic heterocycles. The van der Waals surface area contributed by atoms with Gasteiger partial charge < -0.3 is 24.2 Å². The molecule has 0 saturated heterocycles. The van der Waals surface area contributed by atoms with Gasteiger partial charge in [0.1, 0.15) is 11.2 Å². The second-order valence-electron chi connectivity index (χ2n) is 7.32. The van der Waals surface area contributed by atoms with E-state index in [1.54, 1.807) is 6.07 Å². The van der Waals surface area contributed by atoms with E-state index < -0.39 is 0 Å². The lowest BCUT2D eigenvalue weighted by Gasteiger charge is -2.24. The van der Waals surface area contributed by atoms with E-state index in [1.165, 1.54) is 14.2 Å². The SMILES string of the molecule is COC(=O)CCN(CCC(=O)OC)c1ccc2nc3c4ccccc4c(=N)cc-3oc2c1. The lowest BCUT2D eigenvalue weighted by atomic mass is 10.0. The second kappa shape index (κ2) is 9.05. The summed E-state index contributed by atoms with van der Waals surface area (Å²) in [5.74, 6) is -0.142. The van der Waals surface area contributed by atoms with Gasteiger partial charge in [-0.1, -0.05) is 24.3 Å². The van der Waals surface area contributed by atoms with Gasteiger partial charge in [0.25, 0.3) is 0 Å². The Hall–Kier alpha value is -3.94. The third-order valence-corrected chi connectivity index (χ3v) is 5.37. The third-order valence-electron chi connectivity index (χ3n) is 5.37. The molecule has 0 spiro atoms. The molecule has 0 fully saturated rings. The minimum Gasteiger partial charge on any atom is -0.469 e. The van der Waals surface area contributed by atoms with E-state index in [0.29, 0.717) is 41.0 Å². The van der Waals surface area contributed by atoms with Crippen LogP contribution in [0.3, 0.4) is 0 Å². The number of hydrogen-bond acceptors (Lipinski definition) is 8. The molecule has 0 bridgehead atoms. The van der Waals surface area contributed by atoms with Gasteiger partial charge >= 0.3 is 11.9 Å². The zero-order chi connectivity index (χ0) is 22.7. The molecule has 2 aromatic carbocycles. The summed E-state index contributed by atoms with van der Waals surface area (Å²) in [6.07, 6.45) is 0.355. The average molecular weight is 433 g/mol. The molecular weight excluding hydrogens is 410 g/mol. The van der Waals surface area contributed by atoms with E-state index in [-0.39, 0.29) is 24.8 Å². The Morgan fingerprint density at radius 1 is 0.969 bits per heavy atom. The van der Waals surface area contributed by atoms with Crippen molar-refractivity contribution in [1.82, 2.24) is 4.98 Å². The summed E-state index contributed by atoms with van der Waals surface area (Å²) < 4.78 is 15.6. The fourth-order valence-electron chi connectivity index (χ4n) is 3.67. The number of nitrogens with zero attached hydrogens (tertiary/aromatic N) is 2. The average Bonchev–Trinajstić information content (AvgIpc) is 2.82. The molecule has 1 heterocycles. The summed E-state index contributed by atoms with van der Waals surface area (Å²) in [5, 5.41) is 10.4. The van der Waals surface area contributed by atoms with Crippen LogP contribution in [-0.2, 0) is 19.1 Å². The Labute approximate surface area is 184 Å². The van der Waals surface area contributed by atoms with Crippen LogP contribution in [0.25, 0.3) is 33.3 Å². The molecule has 2 aliphatic rings. The molecule has 1 N–H and O–H groups in total. The molecule has 8 heteroatoms. The van der Waals surface area contributed by atoms with Crippen molar-refractivity contribution in [2.45, 2.75) is 12.8 Å². The first-order chi connectivity index (χ1) is 15.5. The van der Waals surface area contributed by atoms with Crippen molar-refractivity contribution in [3.05, 3.63) is 53.9 Å². The minimum absolute atomic E-state index is 0.178. The van der Waals surface area contributed by atoms with Gasteiger partial charge in [-0.25, -0.2) is 4.98 Å². The molecule has 8 nitrogen and oxygen atoms in total. The van der Waals surface area contributed by atoms with Crippen LogP contribution in [-0.4, -0.2) is 44.2 Å². The zero-order valence-electron chi connectivity index (χ0n) is 17.9. The molecule has 0 amide bonds. The van der Waals surface area contributed by atoms with Crippen LogP contribution in [0.15, 0.2) is 52.9 Å². The molecule has 0 radical (unpaired) electrons. The monoisotopic (exact) mass is 433 g/mol. The highest BCUT2D eigenvalue weighted by molar-refractivity contribution is 5.96. The summed E-state index contributed by atoms with van der Waals surface area (Å²) in [7, 11) is 2.69. The molecule has 0 saturated carbocycles. The normalized spacial score (nSPS) is 11.1. The van der Waals surface area contributed by atoms with Crippen molar-refractivity contribution >= 4 is 39.5 Å². The number of rotatable bonds is 7. The molecular formula is C24H23N3O5. The van der Waals surface area contributed by atoms with E-state index in [4.69, 9.17) is 24.3 Å². The third kappa shape index (κ3) is 4.25. The van der Waals surface area contributed by atoms with Crippen molar-refractivity contribution in [1.29, 1.82) is 5.41 Å². The fourth-order valence-corrected chi connectivity index (χ4v) is 3.67. The molecule has 0 atom stereocenters. The number of ether oxygens (including phenoxy) is 2. The number of fused-ring (bicyclic) bond motifs is 4. The highest BCUT2D eigenvalue weighted by Crippen LogP contribution is 2.31. The maximum Gasteiger partial charge on any atom is 0.307 e. The number of anilines is 1. The van der Waals surface area contributed by atoms with Gasteiger partial charge in [-0.3, -0.25) is 9.59 Å². The van der Waals surface area contributed by atoms with E-state index in [9.17, 15) is 9.59 Å². The first-order valence-electron chi connectivity index (χ1n) is 10.2. The van der Waals surface area contributed by atoms with E-state index in [1.807, 2.05) is 47.4 Å². The topological polar surface area (TPSA) is 106 Å². The summed E-state index contributed by atoms with van der Waals surface area (Å²) in [6, 6.07) is 14.9. The number of nitrogens with one attached hydrogen (secondary N) is 1. The van der Waals surface area contributed by atoms with Crippen LogP contribution in [0.5, 0.6) is 0 Å². The smallest absolute Gasteiger partial charge is 0.307 e. The van der Waals surface area contributed by atoms with Crippen molar-refractivity contribution < 1.29 is 23.5 Å². The van der Waals surface area contributed by atoms with E-state index >= 15 is 0 Å². The van der Waals surface area contributed by atoms with Crippen molar-refractivity contribution in [3.63, 3.8) is 0 Å². The van der Waals surface area contributed by atoms with Crippen LogP contribution < -0.4 is 10.3 Å². The van der Waals surface area contributed by atoms with Crippen LogP contribution in [0, 0.1) is 5.41 Å². The molecule has 4 rings (SSSR count). The summed E-state index contributed by atoms with van der Waals surface area (Å²) in [4.78, 5) is 30.0. The molecule has 2 aromatic rings. The van der Waals surface area contributed by atoms with Crippen LogP contribution in [0.4, 0.5) is 5.69 Å². The van der Waals surface area contributed by atoms with Crippen molar-refractivity contribution in [3.8, 4) is 11.5 Å². The molecule has 32 heavy (non-hydrogen) atoms. The van der Waals surface area contributed by atoms with Gasteiger partial charge in [0.2, 0.25) is 0 Å². The highest BCUT2D eigenvalue weighted by atomic mass is 16.5.